The molecule has 0 saturated heterocycles. The molecule has 0 fully saturated rings. The Morgan fingerprint density at radius 1 is 1.08 bits per heavy atom. The fourth-order valence-electron chi connectivity index (χ4n) is 2.52. The summed E-state index contributed by atoms with van der Waals surface area (Å²) in [5.74, 6) is 0.495. The summed E-state index contributed by atoms with van der Waals surface area (Å²) in [6.45, 7) is 2.15. The highest BCUT2D eigenvalue weighted by atomic mass is 16.5. The predicted octanol–water partition coefficient (Wildman–Crippen LogP) is 4.41. The van der Waals surface area contributed by atoms with E-state index in [2.05, 4.69) is 4.99 Å². The van der Waals surface area contributed by atoms with Crippen LogP contribution in [0.3, 0.4) is 0 Å². The summed E-state index contributed by atoms with van der Waals surface area (Å²) >= 11 is 0. The average molecular weight is 348 g/mol. The van der Waals surface area contributed by atoms with E-state index in [1.165, 1.54) is 0 Å². The van der Waals surface area contributed by atoms with Crippen LogP contribution >= 0.6 is 0 Å². The van der Waals surface area contributed by atoms with Gasteiger partial charge in [0.15, 0.2) is 0 Å². The van der Waals surface area contributed by atoms with Crippen molar-refractivity contribution in [2.45, 2.75) is 6.92 Å². The van der Waals surface area contributed by atoms with Crippen molar-refractivity contribution in [3.63, 3.8) is 0 Å². The van der Waals surface area contributed by atoms with Gasteiger partial charge in [-0.25, -0.2) is 4.79 Å². The number of benzene rings is 2. The van der Waals surface area contributed by atoms with Gasteiger partial charge in [-0.3, -0.25) is 4.99 Å². The summed E-state index contributed by atoms with van der Waals surface area (Å²) in [4.78, 5) is 16.2. The molecule has 0 bridgehead atoms. The van der Waals surface area contributed by atoms with E-state index in [0.717, 1.165) is 22.8 Å². The molecule has 0 unspecified atom stereocenters. The lowest BCUT2D eigenvalue weighted by molar-refractivity contribution is 0.0526. The van der Waals surface area contributed by atoms with Crippen molar-refractivity contribution in [1.29, 1.82) is 0 Å². The molecule has 0 atom stereocenters. The number of rotatable bonds is 6. The van der Waals surface area contributed by atoms with E-state index in [9.17, 15) is 4.79 Å². The maximum absolute atomic E-state index is 11.7. The second-order valence-corrected chi connectivity index (χ2v) is 5.53. The average Bonchev–Trinajstić information content (AvgIpc) is 3.15. The zero-order valence-corrected chi connectivity index (χ0v) is 14.8. The Morgan fingerprint density at radius 3 is 2.46 bits per heavy atom. The second-order valence-electron chi connectivity index (χ2n) is 5.53. The van der Waals surface area contributed by atoms with Crippen molar-refractivity contribution in [3.8, 4) is 11.4 Å². The van der Waals surface area contributed by atoms with Crippen molar-refractivity contribution in [2.24, 2.45) is 4.99 Å². The van der Waals surface area contributed by atoms with Crippen LogP contribution in [0.2, 0.25) is 0 Å². The first-order valence-corrected chi connectivity index (χ1v) is 8.34. The number of aromatic nitrogens is 1. The Hall–Kier alpha value is -3.34. The minimum Gasteiger partial charge on any atom is -0.497 e. The fraction of sp³-hybridized carbons (Fsp3) is 0.143. The first kappa shape index (κ1) is 17.5. The molecule has 0 N–H and O–H groups in total. The largest absolute Gasteiger partial charge is 0.497 e. The smallest absolute Gasteiger partial charge is 0.338 e. The molecule has 3 aromatic rings. The first-order valence-electron chi connectivity index (χ1n) is 8.34. The number of nitrogens with zero attached hydrogens (tertiary/aromatic N) is 2. The third kappa shape index (κ3) is 4.00. The first-order chi connectivity index (χ1) is 12.7. The summed E-state index contributed by atoms with van der Waals surface area (Å²) < 4.78 is 12.2. The molecule has 132 valence electrons. The van der Waals surface area contributed by atoms with Gasteiger partial charge in [-0.1, -0.05) is 0 Å². The number of aliphatic imine (C=N–C) groups is 1. The number of ether oxygens (including phenoxy) is 2. The van der Waals surface area contributed by atoms with Gasteiger partial charge in [0.2, 0.25) is 0 Å². The van der Waals surface area contributed by atoms with E-state index < -0.39 is 0 Å². The highest BCUT2D eigenvalue weighted by Crippen LogP contribution is 2.18. The van der Waals surface area contributed by atoms with Gasteiger partial charge in [0.1, 0.15) is 5.75 Å². The van der Waals surface area contributed by atoms with Gasteiger partial charge < -0.3 is 14.0 Å². The van der Waals surface area contributed by atoms with E-state index in [0.29, 0.717) is 12.2 Å². The van der Waals surface area contributed by atoms with Crippen LogP contribution in [-0.4, -0.2) is 30.5 Å². The van der Waals surface area contributed by atoms with E-state index in [1.54, 1.807) is 44.5 Å². The van der Waals surface area contributed by atoms with Crippen LogP contribution in [0.4, 0.5) is 5.69 Å². The zero-order valence-electron chi connectivity index (χ0n) is 14.8. The maximum atomic E-state index is 11.7. The van der Waals surface area contributed by atoms with Crippen molar-refractivity contribution in [2.75, 3.05) is 13.7 Å². The van der Waals surface area contributed by atoms with Crippen LogP contribution in [0.5, 0.6) is 5.75 Å². The minimum atomic E-state index is -0.323. The molecule has 0 saturated carbocycles. The zero-order chi connectivity index (χ0) is 18.4. The number of hydrogen-bond acceptors (Lipinski definition) is 4. The third-order valence-corrected chi connectivity index (χ3v) is 3.86. The molecule has 26 heavy (non-hydrogen) atoms. The quantitative estimate of drug-likeness (QED) is 0.490. The van der Waals surface area contributed by atoms with Gasteiger partial charge in [-0.15, -0.1) is 0 Å². The molecule has 1 aromatic heterocycles. The summed E-state index contributed by atoms with van der Waals surface area (Å²) in [7, 11) is 1.65. The molecule has 0 aliphatic rings. The number of methoxy groups -OCH3 is 1. The Bertz CT molecular complexity index is 894. The standard InChI is InChI=1S/C21H20N2O3/c1-3-26-21(24)16-6-8-17(9-7-16)22-15-19-5-4-14-23(19)18-10-12-20(25-2)13-11-18/h4-15H,3H2,1-2H3. The van der Waals surface area contributed by atoms with E-state index >= 15 is 0 Å². The van der Waals surface area contributed by atoms with E-state index in [1.807, 2.05) is 47.2 Å². The molecular formula is C21H20N2O3. The van der Waals surface area contributed by atoms with E-state index in [4.69, 9.17) is 9.47 Å². The molecule has 1 heterocycles. The Balaban J connectivity index is 1.77. The van der Waals surface area contributed by atoms with Crippen LogP contribution in [0.15, 0.2) is 71.9 Å². The van der Waals surface area contributed by atoms with Crippen molar-refractivity contribution < 1.29 is 14.3 Å². The lowest BCUT2D eigenvalue weighted by Gasteiger charge is -2.07. The Morgan fingerprint density at radius 2 is 1.81 bits per heavy atom. The summed E-state index contributed by atoms with van der Waals surface area (Å²) in [6.07, 6.45) is 3.77. The molecule has 2 aromatic carbocycles. The molecule has 3 rings (SSSR count). The van der Waals surface area contributed by atoms with Crippen molar-refractivity contribution >= 4 is 17.9 Å². The predicted molar refractivity (Wildman–Crippen MR) is 102 cm³/mol. The second kappa shape index (κ2) is 8.16. The fourth-order valence-corrected chi connectivity index (χ4v) is 2.52. The van der Waals surface area contributed by atoms with Gasteiger partial charge in [0.25, 0.3) is 0 Å². The van der Waals surface area contributed by atoms with Gasteiger partial charge in [-0.2, -0.15) is 0 Å². The molecule has 0 aliphatic heterocycles. The number of carbonyl (C=O) groups is 1. The molecule has 0 radical (unpaired) electrons. The van der Waals surface area contributed by atoms with Crippen LogP contribution in [0, 0.1) is 0 Å². The van der Waals surface area contributed by atoms with Gasteiger partial charge in [0.05, 0.1) is 36.9 Å². The lowest BCUT2D eigenvalue weighted by atomic mass is 10.2. The molecular weight excluding hydrogens is 328 g/mol. The number of esters is 1. The highest BCUT2D eigenvalue weighted by Gasteiger charge is 2.05. The molecule has 0 spiro atoms. The minimum absolute atomic E-state index is 0.323. The number of hydrogen-bond donors (Lipinski definition) is 0. The Kier molecular flexibility index (Phi) is 5.49. The van der Waals surface area contributed by atoms with Crippen LogP contribution in [0.1, 0.15) is 23.0 Å². The monoisotopic (exact) mass is 348 g/mol. The highest BCUT2D eigenvalue weighted by molar-refractivity contribution is 5.90. The summed E-state index contributed by atoms with van der Waals surface area (Å²) in [5.41, 5.74) is 3.26. The molecule has 5 nitrogen and oxygen atoms in total. The SMILES string of the molecule is CCOC(=O)c1ccc(N=Cc2cccn2-c2ccc(OC)cc2)cc1. The topological polar surface area (TPSA) is 52.8 Å². The Labute approximate surface area is 152 Å². The number of carbonyl (C=O) groups excluding carboxylic acids is 1. The summed E-state index contributed by atoms with van der Waals surface area (Å²) in [5, 5.41) is 0. The summed E-state index contributed by atoms with van der Waals surface area (Å²) in [6, 6.07) is 18.8. The van der Waals surface area contributed by atoms with E-state index in [-0.39, 0.29) is 5.97 Å². The maximum Gasteiger partial charge on any atom is 0.338 e. The molecule has 0 amide bonds. The molecule has 0 aliphatic carbocycles. The van der Waals surface area contributed by atoms with Crippen molar-refractivity contribution in [3.05, 3.63) is 78.1 Å². The van der Waals surface area contributed by atoms with Crippen molar-refractivity contribution in [1.82, 2.24) is 4.57 Å². The molecule has 5 heteroatoms. The lowest BCUT2D eigenvalue weighted by Crippen LogP contribution is -2.03. The van der Waals surface area contributed by atoms with Gasteiger partial charge in [-0.05, 0) is 67.6 Å². The van der Waals surface area contributed by atoms with Crippen LogP contribution in [-0.2, 0) is 4.74 Å². The van der Waals surface area contributed by atoms with Crippen LogP contribution < -0.4 is 4.74 Å². The third-order valence-electron chi connectivity index (χ3n) is 3.86. The van der Waals surface area contributed by atoms with Gasteiger partial charge >= 0.3 is 5.97 Å². The normalized spacial score (nSPS) is 10.8. The van der Waals surface area contributed by atoms with Crippen LogP contribution in [0.25, 0.3) is 5.69 Å². The van der Waals surface area contributed by atoms with Gasteiger partial charge in [0, 0.05) is 11.9 Å².